The lowest BCUT2D eigenvalue weighted by atomic mass is 10.1. The summed E-state index contributed by atoms with van der Waals surface area (Å²) in [5.41, 5.74) is 2.69. The van der Waals surface area contributed by atoms with Crippen molar-refractivity contribution in [1.29, 1.82) is 0 Å². The first kappa shape index (κ1) is 21.4. The van der Waals surface area contributed by atoms with E-state index in [9.17, 15) is 14.4 Å². The van der Waals surface area contributed by atoms with Crippen LogP contribution in [0.5, 0.6) is 0 Å². The summed E-state index contributed by atoms with van der Waals surface area (Å²) >= 11 is 1.54. The molecule has 0 bridgehead atoms. The Morgan fingerprint density at radius 3 is 2.31 bits per heavy atom. The molecule has 0 saturated carbocycles. The molecule has 3 heterocycles. The number of nitrogens with one attached hydrogen (secondary N) is 1. The third kappa shape index (κ3) is 5.06. The zero-order valence-corrected chi connectivity index (χ0v) is 18.2. The first-order chi connectivity index (χ1) is 15.5. The molecule has 0 unspecified atom stereocenters. The molecule has 0 radical (unpaired) electrons. The van der Waals surface area contributed by atoms with Crippen LogP contribution in [0.2, 0.25) is 0 Å². The lowest BCUT2D eigenvalue weighted by molar-refractivity contribution is -0.121. The number of benzene rings is 1. The van der Waals surface area contributed by atoms with Crippen molar-refractivity contribution in [3.8, 4) is 21.8 Å². The first-order valence-electron chi connectivity index (χ1n) is 10.0. The maximum Gasteiger partial charge on any atom is 0.267 e. The lowest BCUT2D eigenvalue weighted by Crippen LogP contribution is -2.36. The first-order valence-corrected chi connectivity index (χ1v) is 10.9. The number of aryl methyl sites for hydroxylation is 1. The number of carbonyl (C=O) groups is 1. The molecule has 9 heteroatoms. The molecule has 4 aromatic rings. The van der Waals surface area contributed by atoms with Gasteiger partial charge in [-0.3, -0.25) is 14.4 Å². The predicted octanol–water partition coefficient (Wildman–Crippen LogP) is 2.32. The van der Waals surface area contributed by atoms with Gasteiger partial charge in [0.05, 0.1) is 17.1 Å². The van der Waals surface area contributed by atoms with Crippen molar-refractivity contribution in [1.82, 2.24) is 24.9 Å². The average molecular weight is 448 g/mol. The molecule has 1 aromatic carbocycles. The van der Waals surface area contributed by atoms with Gasteiger partial charge in [-0.1, -0.05) is 35.9 Å². The van der Waals surface area contributed by atoms with Crippen LogP contribution in [0.1, 0.15) is 5.56 Å². The quantitative estimate of drug-likeness (QED) is 0.469. The second-order valence-electron chi connectivity index (χ2n) is 7.19. The fraction of sp³-hybridized carbons (Fsp3) is 0.174. The second-order valence-corrected chi connectivity index (χ2v) is 8.14. The molecule has 0 saturated heterocycles. The van der Waals surface area contributed by atoms with Gasteiger partial charge in [0.1, 0.15) is 12.2 Å². The highest BCUT2D eigenvalue weighted by Gasteiger charge is 2.09. The smallest absolute Gasteiger partial charge is 0.267 e. The number of thiophene rings is 1. The van der Waals surface area contributed by atoms with E-state index in [2.05, 4.69) is 15.5 Å². The molecule has 4 rings (SSSR count). The summed E-state index contributed by atoms with van der Waals surface area (Å²) in [7, 11) is 0. The summed E-state index contributed by atoms with van der Waals surface area (Å²) in [6.07, 6.45) is 0. The van der Waals surface area contributed by atoms with Gasteiger partial charge < -0.3 is 5.32 Å². The summed E-state index contributed by atoms with van der Waals surface area (Å²) in [6, 6.07) is 17.8. The zero-order valence-electron chi connectivity index (χ0n) is 17.4. The molecule has 1 N–H and O–H groups in total. The highest BCUT2D eigenvalue weighted by molar-refractivity contribution is 7.13. The van der Waals surface area contributed by atoms with Crippen LogP contribution in [-0.2, 0) is 17.9 Å². The Balaban J connectivity index is 1.39. The van der Waals surface area contributed by atoms with Crippen LogP contribution in [0.4, 0.5) is 0 Å². The minimum atomic E-state index is -0.372. The number of carbonyl (C=O) groups excluding carboxylic acids is 1. The Bertz CT molecular complexity index is 1340. The Labute approximate surface area is 187 Å². The summed E-state index contributed by atoms with van der Waals surface area (Å²) in [5.74, 6) is -0.372. The Kier molecular flexibility index (Phi) is 6.37. The Hall–Kier alpha value is -3.85. The highest BCUT2D eigenvalue weighted by atomic mass is 32.1. The van der Waals surface area contributed by atoms with E-state index in [1.165, 1.54) is 28.2 Å². The van der Waals surface area contributed by atoms with E-state index < -0.39 is 0 Å². The summed E-state index contributed by atoms with van der Waals surface area (Å²) in [5, 5.41) is 13.3. The molecular formula is C23H21N5O3S. The highest BCUT2D eigenvalue weighted by Crippen LogP contribution is 2.21. The van der Waals surface area contributed by atoms with E-state index in [4.69, 9.17) is 0 Å². The van der Waals surface area contributed by atoms with Crippen molar-refractivity contribution in [2.75, 3.05) is 6.54 Å². The standard InChI is InChI=1S/C23H21N5O3S/c1-16-4-6-17(7-5-16)18-8-10-23(31)28(25-18)15-21(29)24-12-13-27-22(30)11-9-19(26-27)20-3-2-14-32-20/h2-11,14H,12-13,15H2,1H3,(H,24,29). The number of hydrogen-bond donors (Lipinski definition) is 1. The van der Waals surface area contributed by atoms with Crippen LogP contribution >= 0.6 is 11.3 Å². The van der Waals surface area contributed by atoms with Gasteiger partial charge in [-0.25, -0.2) is 9.36 Å². The van der Waals surface area contributed by atoms with Crippen molar-refractivity contribution in [3.63, 3.8) is 0 Å². The molecule has 32 heavy (non-hydrogen) atoms. The van der Waals surface area contributed by atoms with E-state index >= 15 is 0 Å². The summed E-state index contributed by atoms with van der Waals surface area (Å²) in [4.78, 5) is 37.6. The van der Waals surface area contributed by atoms with Gasteiger partial charge in [-0.2, -0.15) is 10.2 Å². The van der Waals surface area contributed by atoms with Gasteiger partial charge in [0.15, 0.2) is 0 Å². The van der Waals surface area contributed by atoms with Gasteiger partial charge >= 0.3 is 0 Å². The molecule has 0 spiro atoms. The molecular weight excluding hydrogens is 426 g/mol. The summed E-state index contributed by atoms with van der Waals surface area (Å²) in [6.45, 7) is 2.20. The fourth-order valence-electron chi connectivity index (χ4n) is 3.10. The third-order valence-electron chi connectivity index (χ3n) is 4.79. The number of aromatic nitrogens is 4. The summed E-state index contributed by atoms with van der Waals surface area (Å²) < 4.78 is 2.45. The maximum absolute atomic E-state index is 12.4. The molecule has 0 aliphatic rings. The molecule has 0 fully saturated rings. The topological polar surface area (TPSA) is 98.9 Å². The van der Waals surface area contributed by atoms with E-state index in [1.807, 2.05) is 48.7 Å². The minimum absolute atomic E-state index is 0.200. The van der Waals surface area contributed by atoms with Crippen molar-refractivity contribution in [3.05, 3.63) is 92.3 Å². The predicted molar refractivity (Wildman–Crippen MR) is 123 cm³/mol. The monoisotopic (exact) mass is 447 g/mol. The van der Waals surface area contributed by atoms with Crippen molar-refractivity contribution >= 4 is 17.2 Å². The van der Waals surface area contributed by atoms with Gasteiger partial charge in [0.25, 0.3) is 11.1 Å². The molecule has 162 valence electrons. The number of amides is 1. The van der Waals surface area contributed by atoms with Crippen molar-refractivity contribution < 1.29 is 4.79 Å². The zero-order chi connectivity index (χ0) is 22.5. The van der Waals surface area contributed by atoms with Crippen LogP contribution in [0.25, 0.3) is 21.8 Å². The van der Waals surface area contributed by atoms with E-state index in [-0.39, 0.29) is 36.7 Å². The van der Waals surface area contributed by atoms with Gasteiger partial charge in [-0.05, 0) is 30.5 Å². The Morgan fingerprint density at radius 1 is 0.906 bits per heavy atom. The van der Waals surface area contributed by atoms with E-state index in [0.717, 1.165) is 20.7 Å². The van der Waals surface area contributed by atoms with Crippen molar-refractivity contribution in [2.45, 2.75) is 20.0 Å². The average Bonchev–Trinajstić information content (AvgIpc) is 3.32. The molecule has 0 aliphatic heterocycles. The molecule has 0 atom stereocenters. The van der Waals surface area contributed by atoms with E-state index in [0.29, 0.717) is 11.4 Å². The second kappa shape index (κ2) is 9.52. The van der Waals surface area contributed by atoms with Crippen LogP contribution in [0, 0.1) is 6.92 Å². The lowest BCUT2D eigenvalue weighted by Gasteiger charge is -2.09. The molecule has 3 aromatic heterocycles. The minimum Gasteiger partial charge on any atom is -0.353 e. The number of hydrogen-bond acceptors (Lipinski definition) is 6. The molecule has 1 amide bonds. The van der Waals surface area contributed by atoms with Crippen LogP contribution in [0.3, 0.4) is 0 Å². The fourth-order valence-corrected chi connectivity index (χ4v) is 3.79. The number of nitrogens with zero attached hydrogens (tertiary/aromatic N) is 4. The molecule has 8 nitrogen and oxygen atoms in total. The number of rotatable bonds is 7. The SMILES string of the molecule is Cc1ccc(-c2ccc(=O)n(CC(=O)NCCn3nc(-c4cccs4)ccc3=O)n2)cc1. The largest absolute Gasteiger partial charge is 0.353 e. The van der Waals surface area contributed by atoms with Gasteiger partial charge in [0.2, 0.25) is 5.91 Å². The van der Waals surface area contributed by atoms with Crippen molar-refractivity contribution in [2.24, 2.45) is 0 Å². The van der Waals surface area contributed by atoms with Crippen LogP contribution in [-0.4, -0.2) is 32.0 Å². The third-order valence-corrected chi connectivity index (χ3v) is 5.69. The van der Waals surface area contributed by atoms with Crippen LogP contribution in [0.15, 0.2) is 75.6 Å². The normalized spacial score (nSPS) is 10.8. The van der Waals surface area contributed by atoms with Crippen LogP contribution < -0.4 is 16.4 Å². The maximum atomic E-state index is 12.4. The van der Waals surface area contributed by atoms with Gasteiger partial charge in [0, 0.05) is 24.2 Å². The Morgan fingerprint density at radius 2 is 1.59 bits per heavy atom. The van der Waals surface area contributed by atoms with Gasteiger partial charge in [-0.15, -0.1) is 11.3 Å². The van der Waals surface area contributed by atoms with E-state index in [1.54, 1.807) is 12.1 Å². The molecule has 0 aliphatic carbocycles.